The van der Waals surface area contributed by atoms with Gasteiger partial charge in [0.2, 0.25) is 10.0 Å². The van der Waals surface area contributed by atoms with E-state index in [4.69, 9.17) is 5.14 Å². The molecule has 1 aliphatic rings. The molecule has 2 aromatic carbocycles. The molecule has 0 aliphatic carbocycles. The molecule has 1 aliphatic heterocycles. The van der Waals surface area contributed by atoms with Gasteiger partial charge in [-0.25, -0.2) is 13.6 Å². The van der Waals surface area contributed by atoms with Gasteiger partial charge in [0.25, 0.3) is 11.8 Å². The Balaban J connectivity index is 1.80. The highest BCUT2D eigenvalue weighted by Gasteiger charge is 2.27. The van der Waals surface area contributed by atoms with Crippen molar-refractivity contribution in [3.05, 3.63) is 69.8 Å². The second kappa shape index (κ2) is 7.02. The molecule has 2 amide bonds. The van der Waals surface area contributed by atoms with E-state index in [0.717, 1.165) is 10.0 Å². The summed E-state index contributed by atoms with van der Waals surface area (Å²) in [5.41, 5.74) is 2.08. The second-order valence-electron chi connectivity index (χ2n) is 5.60. The van der Waals surface area contributed by atoms with E-state index in [2.05, 4.69) is 26.6 Å². The first-order valence-electron chi connectivity index (χ1n) is 7.46. The first-order valence-corrected chi connectivity index (χ1v) is 9.80. The number of carbonyl (C=O) groups is 2. The van der Waals surface area contributed by atoms with E-state index in [-0.39, 0.29) is 4.90 Å². The summed E-state index contributed by atoms with van der Waals surface area (Å²) in [5, 5.41) is 10.4. The third kappa shape index (κ3) is 3.85. The van der Waals surface area contributed by atoms with Crippen LogP contribution < -0.4 is 15.8 Å². The molecule has 1 heterocycles. The summed E-state index contributed by atoms with van der Waals surface area (Å²) in [6.45, 7) is 0.360. The minimum atomic E-state index is -3.73. The van der Waals surface area contributed by atoms with Gasteiger partial charge in [-0.2, -0.15) is 0 Å². The van der Waals surface area contributed by atoms with Crippen molar-refractivity contribution in [2.45, 2.75) is 11.4 Å². The first kappa shape index (κ1) is 18.3. The van der Waals surface area contributed by atoms with Crippen LogP contribution in [0.25, 0.3) is 5.57 Å². The van der Waals surface area contributed by atoms with Crippen LogP contribution >= 0.6 is 15.9 Å². The largest absolute Gasteiger partial charge is 0.386 e. The van der Waals surface area contributed by atoms with E-state index in [1.807, 2.05) is 0 Å². The van der Waals surface area contributed by atoms with Gasteiger partial charge in [0, 0.05) is 28.3 Å². The lowest BCUT2D eigenvalue weighted by atomic mass is 9.95. The van der Waals surface area contributed by atoms with Crippen LogP contribution in [0.4, 0.5) is 0 Å². The number of halogens is 1. The highest BCUT2D eigenvalue weighted by atomic mass is 79.9. The quantitative estimate of drug-likeness (QED) is 0.496. The Labute approximate surface area is 158 Å². The van der Waals surface area contributed by atoms with E-state index >= 15 is 0 Å². The van der Waals surface area contributed by atoms with Crippen molar-refractivity contribution in [1.29, 1.82) is 0 Å². The fourth-order valence-electron chi connectivity index (χ4n) is 2.51. The van der Waals surface area contributed by atoms with Crippen LogP contribution in [-0.4, -0.2) is 20.2 Å². The fourth-order valence-corrected chi connectivity index (χ4v) is 3.39. The molecule has 0 aromatic heterocycles. The maximum absolute atomic E-state index is 12.1. The fraction of sp³-hybridized carbons (Fsp3) is 0.0588. The lowest BCUT2D eigenvalue weighted by molar-refractivity contribution is -0.114. The number of nitrogens with one attached hydrogen (secondary N) is 2. The maximum atomic E-state index is 12.1. The molecule has 0 atom stereocenters. The van der Waals surface area contributed by atoms with Gasteiger partial charge in [-0.3, -0.25) is 14.9 Å². The van der Waals surface area contributed by atoms with Crippen LogP contribution in [0.1, 0.15) is 21.5 Å². The van der Waals surface area contributed by atoms with Crippen molar-refractivity contribution in [1.82, 2.24) is 10.6 Å². The number of sulfonamides is 1. The van der Waals surface area contributed by atoms with Gasteiger partial charge in [-0.15, -0.1) is 0 Å². The van der Waals surface area contributed by atoms with Gasteiger partial charge in [0.15, 0.2) is 0 Å². The van der Waals surface area contributed by atoms with Gasteiger partial charge in [0.05, 0.1) is 10.5 Å². The summed E-state index contributed by atoms with van der Waals surface area (Å²) in [7, 11) is -3.73. The van der Waals surface area contributed by atoms with Gasteiger partial charge in [-0.1, -0.05) is 28.1 Å². The molecule has 26 heavy (non-hydrogen) atoms. The van der Waals surface area contributed by atoms with Crippen LogP contribution in [0, 0.1) is 0 Å². The molecule has 0 radical (unpaired) electrons. The molecule has 9 heteroatoms. The number of primary sulfonamides is 1. The Bertz CT molecular complexity index is 1030. The summed E-state index contributed by atoms with van der Waals surface area (Å²) in [5.74, 6) is -0.925. The molecular weight excluding hydrogens is 422 g/mol. The number of imide groups is 1. The minimum Gasteiger partial charge on any atom is -0.386 e. The second-order valence-corrected chi connectivity index (χ2v) is 8.08. The third-order valence-electron chi connectivity index (χ3n) is 3.79. The molecule has 0 bridgehead atoms. The molecule has 3 rings (SSSR count). The molecule has 0 spiro atoms. The average Bonchev–Trinajstić information content (AvgIpc) is 2.57. The van der Waals surface area contributed by atoms with Crippen LogP contribution in [0.3, 0.4) is 0 Å². The molecule has 0 saturated heterocycles. The summed E-state index contributed by atoms with van der Waals surface area (Å²) in [4.78, 5) is 24.1. The average molecular weight is 436 g/mol. The van der Waals surface area contributed by atoms with Crippen molar-refractivity contribution in [3.8, 4) is 0 Å². The predicted molar refractivity (Wildman–Crippen MR) is 99.2 cm³/mol. The zero-order valence-electron chi connectivity index (χ0n) is 13.3. The number of hydrogen-bond donors (Lipinski definition) is 3. The van der Waals surface area contributed by atoms with E-state index in [0.29, 0.717) is 23.2 Å². The minimum absolute atomic E-state index is 0.0311. The van der Waals surface area contributed by atoms with Gasteiger partial charge in [0.1, 0.15) is 0 Å². The molecule has 0 saturated carbocycles. The van der Waals surface area contributed by atoms with Crippen LogP contribution in [0.5, 0.6) is 0 Å². The highest BCUT2D eigenvalue weighted by molar-refractivity contribution is 9.10. The Kier molecular flexibility index (Phi) is 4.94. The smallest absolute Gasteiger partial charge is 0.260 e. The molecule has 7 nitrogen and oxygen atoms in total. The zero-order chi connectivity index (χ0) is 18.9. The van der Waals surface area contributed by atoms with Crippen molar-refractivity contribution in [3.63, 3.8) is 0 Å². The molecular formula is C17H14BrN3O4S. The summed E-state index contributed by atoms with van der Waals surface area (Å²) < 4.78 is 23.3. The summed E-state index contributed by atoms with van der Waals surface area (Å²) >= 11 is 3.34. The molecule has 134 valence electrons. The number of rotatable bonds is 4. The van der Waals surface area contributed by atoms with Crippen molar-refractivity contribution < 1.29 is 18.0 Å². The van der Waals surface area contributed by atoms with E-state index in [9.17, 15) is 18.0 Å². The Morgan fingerprint density at radius 3 is 2.38 bits per heavy atom. The normalized spacial score (nSPS) is 15.5. The van der Waals surface area contributed by atoms with Crippen LogP contribution in [-0.2, 0) is 21.4 Å². The highest BCUT2D eigenvalue weighted by Crippen LogP contribution is 2.26. The summed E-state index contributed by atoms with van der Waals surface area (Å²) in [6.07, 6.45) is 1.53. The van der Waals surface area contributed by atoms with Crippen molar-refractivity contribution in [2.75, 3.05) is 0 Å². The number of nitrogens with two attached hydrogens (primary N) is 1. The summed E-state index contributed by atoms with van der Waals surface area (Å²) in [6, 6.07) is 11.2. The van der Waals surface area contributed by atoms with E-state index in [1.54, 1.807) is 30.3 Å². The van der Waals surface area contributed by atoms with Crippen molar-refractivity contribution in [2.24, 2.45) is 5.14 Å². The van der Waals surface area contributed by atoms with Gasteiger partial charge < -0.3 is 5.32 Å². The van der Waals surface area contributed by atoms with E-state index < -0.39 is 21.8 Å². The van der Waals surface area contributed by atoms with Crippen LogP contribution in [0.15, 0.2) is 58.0 Å². The maximum Gasteiger partial charge on any atom is 0.260 e. The lowest BCUT2D eigenvalue weighted by Crippen LogP contribution is -2.37. The topological polar surface area (TPSA) is 118 Å². The Hall–Kier alpha value is -2.49. The standard InChI is InChI=1S/C17H14BrN3O4S/c18-11-3-6-13-14(7-11)15(17(23)21-16(13)22)9-20-8-10-1-4-12(5-2-10)26(19,24)25/h1-7,9,20H,8H2,(H2,19,24,25)(H,21,22,23). The number of hydrogen-bond acceptors (Lipinski definition) is 5. The van der Waals surface area contributed by atoms with Crippen LogP contribution in [0.2, 0.25) is 0 Å². The molecule has 4 N–H and O–H groups in total. The molecule has 0 fully saturated rings. The monoisotopic (exact) mass is 435 g/mol. The van der Waals surface area contributed by atoms with E-state index in [1.165, 1.54) is 18.3 Å². The number of benzene rings is 2. The van der Waals surface area contributed by atoms with Crippen molar-refractivity contribution >= 4 is 43.3 Å². The first-order chi connectivity index (χ1) is 12.3. The predicted octanol–water partition coefficient (Wildman–Crippen LogP) is 1.50. The molecule has 0 unspecified atom stereocenters. The zero-order valence-corrected chi connectivity index (χ0v) is 15.7. The number of carbonyl (C=O) groups excluding carboxylic acids is 2. The molecule has 2 aromatic rings. The SMILES string of the molecule is NS(=O)(=O)c1ccc(CNC=C2C(=O)NC(=O)c3ccc(Br)cc32)cc1. The van der Waals surface area contributed by atoms with Gasteiger partial charge >= 0.3 is 0 Å². The van der Waals surface area contributed by atoms with Gasteiger partial charge in [-0.05, 0) is 35.9 Å². The number of amides is 2. The Morgan fingerprint density at radius 1 is 1.04 bits per heavy atom. The third-order valence-corrected chi connectivity index (χ3v) is 5.22. The number of fused-ring (bicyclic) bond motifs is 1. The Morgan fingerprint density at radius 2 is 1.73 bits per heavy atom. The lowest BCUT2D eigenvalue weighted by Gasteiger charge is -2.18.